The van der Waals surface area contributed by atoms with Crippen LogP contribution in [0.15, 0.2) is 28.8 Å². The summed E-state index contributed by atoms with van der Waals surface area (Å²) >= 11 is 0. The minimum atomic E-state index is 0.222. The van der Waals surface area contributed by atoms with Gasteiger partial charge < -0.3 is 9.63 Å². The molecule has 106 valence electrons. The molecule has 20 heavy (non-hydrogen) atoms. The van der Waals surface area contributed by atoms with E-state index in [-0.39, 0.29) is 5.75 Å². The first-order valence-electron chi connectivity index (χ1n) is 7.46. The lowest BCUT2D eigenvalue weighted by Gasteiger charge is -2.15. The molecule has 0 aliphatic heterocycles. The van der Waals surface area contributed by atoms with Crippen LogP contribution in [0.5, 0.6) is 5.75 Å². The van der Waals surface area contributed by atoms with Gasteiger partial charge in [0.2, 0.25) is 11.7 Å². The Labute approximate surface area is 118 Å². The summed E-state index contributed by atoms with van der Waals surface area (Å²) in [4.78, 5) is 4.53. The van der Waals surface area contributed by atoms with Crippen LogP contribution in [0.4, 0.5) is 0 Å². The van der Waals surface area contributed by atoms with Gasteiger partial charge in [-0.25, -0.2) is 0 Å². The lowest BCUT2D eigenvalue weighted by Crippen LogP contribution is -2.02. The standard InChI is InChI=1S/C16H20N2O2/c19-14-10-6-9-13(11-14)15-17-16(20-18-15)12-7-4-2-1-3-5-8-12/h6,9-12,19H,1-5,7-8H2. The van der Waals surface area contributed by atoms with Gasteiger partial charge in [0.25, 0.3) is 0 Å². The highest BCUT2D eigenvalue weighted by molar-refractivity contribution is 5.56. The molecule has 2 aromatic rings. The zero-order valence-electron chi connectivity index (χ0n) is 11.6. The first-order chi connectivity index (χ1) is 9.83. The lowest BCUT2D eigenvalue weighted by molar-refractivity contribution is 0.323. The molecule has 0 spiro atoms. The van der Waals surface area contributed by atoms with Crippen molar-refractivity contribution in [3.05, 3.63) is 30.2 Å². The van der Waals surface area contributed by atoms with E-state index in [1.807, 2.05) is 6.07 Å². The zero-order chi connectivity index (χ0) is 13.8. The quantitative estimate of drug-likeness (QED) is 0.886. The van der Waals surface area contributed by atoms with Crippen LogP contribution >= 0.6 is 0 Å². The maximum atomic E-state index is 9.51. The van der Waals surface area contributed by atoms with Gasteiger partial charge in [0.1, 0.15) is 5.75 Å². The molecule has 4 heteroatoms. The fourth-order valence-corrected chi connectivity index (χ4v) is 2.87. The predicted octanol–water partition coefficient (Wildman–Crippen LogP) is 4.27. The van der Waals surface area contributed by atoms with Crippen LogP contribution in [0, 0.1) is 0 Å². The van der Waals surface area contributed by atoms with Crippen molar-refractivity contribution in [2.24, 2.45) is 0 Å². The molecule has 0 amide bonds. The van der Waals surface area contributed by atoms with Crippen molar-refractivity contribution < 1.29 is 9.63 Å². The van der Waals surface area contributed by atoms with Crippen LogP contribution in [0.2, 0.25) is 0 Å². The lowest BCUT2D eigenvalue weighted by atomic mass is 9.91. The van der Waals surface area contributed by atoms with Crippen LogP contribution < -0.4 is 0 Å². The number of rotatable bonds is 2. The summed E-state index contributed by atoms with van der Waals surface area (Å²) in [6.45, 7) is 0. The molecule has 0 saturated heterocycles. The van der Waals surface area contributed by atoms with E-state index in [2.05, 4.69) is 10.1 Å². The Kier molecular flexibility index (Phi) is 4.00. The summed E-state index contributed by atoms with van der Waals surface area (Å²) in [6, 6.07) is 6.97. The third-order valence-electron chi connectivity index (χ3n) is 4.00. The summed E-state index contributed by atoms with van der Waals surface area (Å²) in [7, 11) is 0. The van der Waals surface area contributed by atoms with Gasteiger partial charge in [-0.1, -0.05) is 49.4 Å². The maximum absolute atomic E-state index is 9.51. The highest BCUT2D eigenvalue weighted by atomic mass is 16.5. The molecule has 1 fully saturated rings. The summed E-state index contributed by atoms with van der Waals surface area (Å²) in [5.74, 6) is 1.94. The number of nitrogens with zero attached hydrogens (tertiary/aromatic N) is 2. The van der Waals surface area contributed by atoms with Crippen LogP contribution in [0.3, 0.4) is 0 Å². The highest BCUT2D eigenvalue weighted by Crippen LogP contribution is 2.31. The van der Waals surface area contributed by atoms with Gasteiger partial charge in [-0.3, -0.25) is 0 Å². The van der Waals surface area contributed by atoms with Crippen LogP contribution in [0.1, 0.15) is 56.8 Å². The summed E-state index contributed by atoms with van der Waals surface area (Å²) < 4.78 is 5.45. The normalized spacial score (nSPS) is 17.6. The monoisotopic (exact) mass is 272 g/mol. The minimum Gasteiger partial charge on any atom is -0.508 e. The average molecular weight is 272 g/mol. The summed E-state index contributed by atoms with van der Waals surface area (Å²) in [5, 5.41) is 13.6. The molecule has 1 heterocycles. The smallest absolute Gasteiger partial charge is 0.230 e. The molecule has 1 aliphatic rings. The average Bonchev–Trinajstić information content (AvgIpc) is 2.88. The van der Waals surface area contributed by atoms with Crippen molar-refractivity contribution in [1.82, 2.24) is 10.1 Å². The van der Waals surface area contributed by atoms with Gasteiger partial charge in [0, 0.05) is 11.5 Å². The highest BCUT2D eigenvalue weighted by Gasteiger charge is 2.20. The molecule has 1 aromatic carbocycles. The van der Waals surface area contributed by atoms with Crippen molar-refractivity contribution in [3.63, 3.8) is 0 Å². The molecule has 1 N–H and O–H groups in total. The van der Waals surface area contributed by atoms with E-state index in [0.717, 1.165) is 24.3 Å². The molecule has 3 rings (SSSR count). The number of aromatic nitrogens is 2. The first kappa shape index (κ1) is 13.2. The van der Waals surface area contributed by atoms with Crippen LogP contribution in [-0.2, 0) is 0 Å². The molecular weight excluding hydrogens is 252 g/mol. The van der Waals surface area contributed by atoms with E-state index in [0.29, 0.717) is 11.7 Å². The number of aromatic hydroxyl groups is 1. The van der Waals surface area contributed by atoms with Crippen molar-refractivity contribution in [3.8, 4) is 17.1 Å². The van der Waals surface area contributed by atoms with E-state index >= 15 is 0 Å². The fraction of sp³-hybridized carbons (Fsp3) is 0.500. The molecule has 0 unspecified atom stereocenters. The third-order valence-corrected chi connectivity index (χ3v) is 4.00. The molecule has 0 atom stereocenters. The topological polar surface area (TPSA) is 59.2 Å². The summed E-state index contributed by atoms with van der Waals surface area (Å²) in [6.07, 6.45) is 8.74. The second-order valence-corrected chi connectivity index (χ2v) is 5.55. The molecule has 0 bridgehead atoms. The Morgan fingerprint density at radius 2 is 1.80 bits per heavy atom. The van der Waals surface area contributed by atoms with Crippen molar-refractivity contribution in [2.45, 2.75) is 50.9 Å². The Morgan fingerprint density at radius 3 is 2.55 bits per heavy atom. The largest absolute Gasteiger partial charge is 0.508 e. The van der Waals surface area contributed by atoms with Crippen molar-refractivity contribution in [1.29, 1.82) is 0 Å². The Hall–Kier alpha value is -1.84. The predicted molar refractivity (Wildman–Crippen MR) is 76.5 cm³/mol. The molecule has 1 aliphatic carbocycles. The summed E-state index contributed by atoms with van der Waals surface area (Å²) in [5.41, 5.74) is 0.797. The van der Waals surface area contributed by atoms with Gasteiger partial charge >= 0.3 is 0 Å². The van der Waals surface area contributed by atoms with E-state index in [1.165, 1.54) is 32.1 Å². The van der Waals surface area contributed by atoms with Gasteiger partial charge in [0.15, 0.2) is 0 Å². The number of phenols is 1. The van der Waals surface area contributed by atoms with Crippen LogP contribution in [0.25, 0.3) is 11.4 Å². The molecule has 1 aromatic heterocycles. The maximum Gasteiger partial charge on any atom is 0.230 e. The van der Waals surface area contributed by atoms with Crippen molar-refractivity contribution in [2.75, 3.05) is 0 Å². The minimum absolute atomic E-state index is 0.222. The third kappa shape index (κ3) is 3.00. The van der Waals surface area contributed by atoms with E-state index < -0.39 is 0 Å². The zero-order valence-corrected chi connectivity index (χ0v) is 11.6. The molecule has 1 saturated carbocycles. The molecular formula is C16H20N2O2. The molecule has 0 radical (unpaired) electrons. The Bertz CT molecular complexity index is 557. The second kappa shape index (κ2) is 6.07. The SMILES string of the molecule is Oc1cccc(-c2noc(C3CCCCCCC3)n2)c1. The van der Waals surface area contributed by atoms with Gasteiger partial charge in [0.05, 0.1) is 0 Å². The van der Waals surface area contributed by atoms with Crippen LogP contribution in [-0.4, -0.2) is 15.2 Å². The first-order valence-corrected chi connectivity index (χ1v) is 7.46. The van der Waals surface area contributed by atoms with E-state index in [1.54, 1.807) is 18.2 Å². The number of phenolic OH excluding ortho intramolecular Hbond substituents is 1. The van der Waals surface area contributed by atoms with Crippen molar-refractivity contribution >= 4 is 0 Å². The fourth-order valence-electron chi connectivity index (χ4n) is 2.87. The Morgan fingerprint density at radius 1 is 1.05 bits per heavy atom. The number of hydrogen-bond donors (Lipinski definition) is 1. The van der Waals surface area contributed by atoms with E-state index in [4.69, 9.17) is 4.52 Å². The number of benzene rings is 1. The second-order valence-electron chi connectivity index (χ2n) is 5.55. The number of hydrogen-bond acceptors (Lipinski definition) is 4. The van der Waals surface area contributed by atoms with Gasteiger partial charge in [-0.05, 0) is 25.0 Å². The van der Waals surface area contributed by atoms with Gasteiger partial charge in [-0.15, -0.1) is 0 Å². The van der Waals surface area contributed by atoms with E-state index in [9.17, 15) is 5.11 Å². The Balaban J connectivity index is 1.78. The van der Waals surface area contributed by atoms with Gasteiger partial charge in [-0.2, -0.15) is 4.98 Å². The molecule has 4 nitrogen and oxygen atoms in total.